The first kappa shape index (κ1) is 25.5. The van der Waals surface area contributed by atoms with Crippen LogP contribution in [0, 0.1) is 18.3 Å². The van der Waals surface area contributed by atoms with Crippen molar-refractivity contribution in [3.05, 3.63) is 87.1 Å². The van der Waals surface area contributed by atoms with Crippen LogP contribution >= 0.6 is 11.3 Å². The van der Waals surface area contributed by atoms with Crippen LogP contribution < -0.4 is 4.90 Å². The first-order valence-corrected chi connectivity index (χ1v) is 14.0. The van der Waals surface area contributed by atoms with Crippen molar-refractivity contribution in [1.29, 1.82) is 5.26 Å². The van der Waals surface area contributed by atoms with Crippen molar-refractivity contribution >= 4 is 22.9 Å². The molecule has 0 saturated carbocycles. The molecule has 7 heteroatoms. The molecule has 192 valence electrons. The van der Waals surface area contributed by atoms with E-state index in [2.05, 4.69) is 40.1 Å². The zero-order chi connectivity index (χ0) is 25.6. The van der Waals surface area contributed by atoms with Crippen LogP contribution in [0.4, 0.5) is 5.69 Å². The number of piperazine rings is 1. The molecule has 0 spiro atoms. The quantitative estimate of drug-likeness (QED) is 0.411. The van der Waals surface area contributed by atoms with E-state index >= 15 is 0 Å². The highest BCUT2D eigenvalue weighted by Crippen LogP contribution is 2.28. The average Bonchev–Trinajstić information content (AvgIpc) is 3.64. The van der Waals surface area contributed by atoms with Crippen LogP contribution in [0.3, 0.4) is 0 Å². The van der Waals surface area contributed by atoms with Gasteiger partial charge in [0, 0.05) is 51.5 Å². The molecule has 1 atom stereocenters. The molecule has 0 aliphatic carbocycles. The van der Waals surface area contributed by atoms with E-state index in [4.69, 9.17) is 10.00 Å². The van der Waals surface area contributed by atoms with E-state index in [-0.39, 0.29) is 12.0 Å². The Balaban J connectivity index is 1.27. The Bertz CT molecular complexity index is 1230. The Morgan fingerprint density at radius 3 is 2.46 bits per heavy atom. The predicted molar refractivity (Wildman–Crippen MR) is 148 cm³/mol. The number of hydrogen-bond donors (Lipinski definition) is 0. The summed E-state index contributed by atoms with van der Waals surface area (Å²) in [6, 6.07) is 20.6. The molecule has 6 nitrogen and oxygen atoms in total. The van der Waals surface area contributed by atoms with Crippen LogP contribution in [-0.4, -0.2) is 61.5 Å². The fraction of sp³-hybridized carbons (Fsp3) is 0.400. The molecule has 0 bridgehead atoms. The van der Waals surface area contributed by atoms with Gasteiger partial charge in [0.05, 0.1) is 29.2 Å². The van der Waals surface area contributed by atoms with Gasteiger partial charge in [0.25, 0.3) is 5.91 Å². The number of carbonyl (C=O) groups excluding carboxylic acids is 1. The van der Waals surface area contributed by atoms with Crippen LogP contribution in [0.15, 0.2) is 60.0 Å². The number of rotatable bonds is 8. The summed E-state index contributed by atoms with van der Waals surface area (Å²) in [6.07, 6.45) is 2.41. The maximum absolute atomic E-state index is 13.0. The molecule has 5 rings (SSSR count). The molecule has 2 fully saturated rings. The highest BCUT2D eigenvalue weighted by molar-refractivity contribution is 7.12. The van der Waals surface area contributed by atoms with Gasteiger partial charge in [-0.2, -0.15) is 5.26 Å². The van der Waals surface area contributed by atoms with Crippen molar-refractivity contribution in [1.82, 2.24) is 9.80 Å². The molecular formula is C30H34N4O2S. The topological polar surface area (TPSA) is 59.8 Å². The fourth-order valence-corrected chi connectivity index (χ4v) is 6.02. The van der Waals surface area contributed by atoms with E-state index in [1.807, 2.05) is 47.5 Å². The molecule has 37 heavy (non-hydrogen) atoms. The van der Waals surface area contributed by atoms with Crippen molar-refractivity contribution in [2.75, 3.05) is 50.7 Å². The summed E-state index contributed by atoms with van der Waals surface area (Å²) in [4.78, 5) is 20.7. The highest BCUT2D eigenvalue weighted by atomic mass is 32.1. The van der Waals surface area contributed by atoms with Gasteiger partial charge in [-0.15, -0.1) is 11.3 Å². The van der Waals surface area contributed by atoms with Gasteiger partial charge in [-0.3, -0.25) is 9.69 Å². The largest absolute Gasteiger partial charge is 0.372 e. The Morgan fingerprint density at radius 1 is 1.03 bits per heavy atom. The fourth-order valence-electron chi connectivity index (χ4n) is 5.13. The van der Waals surface area contributed by atoms with Crippen LogP contribution in [0.2, 0.25) is 0 Å². The Hall–Kier alpha value is -3.18. The second kappa shape index (κ2) is 11.9. The van der Waals surface area contributed by atoms with Crippen molar-refractivity contribution in [2.24, 2.45) is 0 Å². The normalized spacial score (nSPS) is 17.1. The van der Waals surface area contributed by atoms with E-state index < -0.39 is 0 Å². The summed E-state index contributed by atoms with van der Waals surface area (Å²) in [5, 5.41) is 11.1. The number of carbonyl (C=O) groups is 1. The third kappa shape index (κ3) is 6.22. The number of amides is 1. The molecule has 3 heterocycles. The lowest BCUT2D eigenvalue weighted by Crippen LogP contribution is -2.49. The van der Waals surface area contributed by atoms with Gasteiger partial charge in [0.15, 0.2) is 0 Å². The lowest BCUT2D eigenvalue weighted by Gasteiger charge is -2.36. The zero-order valence-electron chi connectivity index (χ0n) is 21.4. The van der Waals surface area contributed by atoms with Crippen LogP contribution in [0.1, 0.15) is 50.9 Å². The maximum atomic E-state index is 13.0. The second-order valence-electron chi connectivity index (χ2n) is 9.92. The molecule has 2 aliphatic rings. The Kier molecular flexibility index (Phi) is 8.20. The van der Waals surface area contributed by atoms with Crippen LogP contribution in [-0.2, 0) is 11.3 Å². The van der Waals surface area contributed by atoms with Crippen molar-refractivity contribution in [2.45, 2.75) is 32.5 Å². The van der Waals surface area contributed by atoms with Crippen molar-refractivity contribution in [3.63, 3.8) is 0 Å². The summed E-state index contributed by atoms with van der Waals surface area (Å²) < 4.78 is 6.54. The molecule has 0 N–H and O–H groups in total. The number of hydrogen-bond acceptors (Lipinski definition) is 6. The van der Waals surface area contributed by atoms with Gasteiger partial charge in [0.1, 0.15) is 0 Å². The standard InChI is InChI=1S/C30H34N4O2S/c1-23-11-18-37-29(23)30(35)34-16-14-32(15-17-34)21-28(36-22-25-9-7-24(20-31)8-10-25)26-5-4-6-27(19-26)33-12-2-3-13-33/h4-11,18-19,28H,2-3,12-17,21-22H2,1H3. The number of anilines is 1. The van der Waals surface area contributed by atoms with E-state index in [0.29, 0.717) is 12.2 Å². The van der Waals surface area contributed by atoms with E-state index in [0.717, 1.165) is 61.8 Å². The lowest BCUT2D eigenvalue weighted by atomic mass is 10.1. The minimum Gasteiger partial charge on any atom is -0.372 e. The summed E-state index contributed by atoms with van der Waals surface area (Å²) >= 11 is 1.53. The zero-order valence-corrected chi connectivity index (χ0v) is 22.3. The third-order valence-corrected chi connectivity index (χ3v) is 8.39. The number of aryl methyl sites for hydroxylation is 1. The first-order valence-electron chi connectivity index (χ1n) is 13.1. The van der Waals surface area contributed by atoms with Gasteiger partial charge in [-0.1, -0.05) is 24.3 Å². The van der Waals surface area contributed by atoms with E-state index in [1.165, 1.54) is 35.4 Å². The molecular weight excluding hydrogens is 480 g/mol. The Labute approximate surface area is 223 Å². The van der Waals surface area contributed by atoms with Crippen molar-refractivity contribution < 1.29 is 9.53 Å². The number of ether oxygens (including phenoxy) is 1. The predicted octanol–water partition coefficient (Wildman–Crippen LogP) is 5.24. The smallest absolute Gasteiger partial charge is 0.264 e. The molecule has 1 aromatic heterocycles. The van der Waals surface area contributed by atoms with Crippen LogP contribution in [0.25, 0.3) is 0 Å². The summed E-state index contributed by atoms with van der Waals surface area (Å²) in [6.45, 7) is 8.61. The van der Waals surface area contributed by atoms with Gasteiger partial charge in [-0.25, -0.2) is 0 Å². The first-order chi connectivity index (χ1) is 18.1. The maximum Gasteiger partial charge on any atom is 0.264 e. The molecule has 1 unspecified atom stereocenters. The number of thiophene rings is 1. The van der Waals surface area contributed by atoms with Crippen LogP contribution in [0.5, 0.6) is 0 Å². The van der Waals surface area contributed by atoms with E-state index in [1.54, 1.807) is 0 Å². The average molecular weight is 515 g/mol. The van der Waals surface area contributed by atoms with Gasteiger partial charge < -0.3 is 14.5 Å². The number of benzene rings is 2. The monoisotopic (exact) mass is 514 g/mol. The highest BCUT2D eigenvalue weighted by Gasteiger charge is 2.26. The molecule has 3 aromatic rings. The summed E-state index contributed by atoms with van der Waals surface area (Å²) in [5.41, 5.74) is 5.23. The number of nitriles is 1. The molecule has 2 saturated heterocycles. The minimum atomic E-state index is -0.0833. The summed E-state index contributed by atoms with van der Waals surface area (Å²) in [5.74, 6) is 0.152. The van der Waals surface area contributed by atoms with Crippen molar-refractivity contribution in [3.8, 4) is 6.07 Å². The second-order valence-corrected chi connectivity index (χ2v) is 10.8. The lowest BCUT2D eigenvalue weighted by molar-refractivity contribution is 0.00349. The van der Waals surface area contributed by atoms with Gasteiger partial charge >= 0.3 is 0 Å². The molecule has 2 aliphatic heterocycles. The molecule has 2 aromatic carbocycles. The number of nitrogens with zero attached hydrogens (tertiary/aromatic N) is 4. The minimum absolute atomic E-state index is 0.0833. The third-order valence-electron chi connectivity index (χ3n) is 7.39. The van der Waals surface area contributed by atoms with Gasteiger partial charge in [0.2, 0.25) is 0 Å². The Morgan fingerprint density at radius 2 is 1.78 bits per heavy atom. The van der Waals surface area contributed by atoms with Gasteiger partial charge in [-0.05, 0) is 72.2 Å². The molecule has 0 radical (unpaired) electrons. The van der Waals surface area contributed by atoms with E-state index in [9.17, 15) is 4.79 Å². The SMILES string of the molecule is Cc1ccsc1C(=O)N1CCN(CC(OCc2ccc(C#N)cc2)c2cccc(N3CCCC3)c2)CC1. The summed E-state index contributed by atoms with van der Waals surface area (Å²) in [7, 11) is 0. The molecule has 1 amide bonds.